The first-order chi connectivity index (χ1) is 13.1. The van der Waals surface area contributed by atoms with Gasteiger partial charge in [0, 0.05) is 6.42 Å². The van der Waals surface area contributed by atoms with Crippen LogP contribution in [0.4, 0.5) is 0 Å². The number of hydrogen-bond acceptors (Lipinski definition) is 2. The molecule has 0 aliphatic heterocycles. The van der Waals surface area contributed by atoms with E-state index in [2.05, 4.69) is 45.1 Å². The first-order valence-electron chi connectivity index (χ1n) is 9.99. The molecule has 0 unspecified atom stereocenters. The highest BCUT2D eigenvalue weighted by molar-refractivity contribution is 5.77. The summed E-state index contributed by atoms with van der Waals surface area (Å²) in [5.41, 5.74) is 4.10. The first kappa shape index (κ1) is 19.3. The second-order valence-electron chi connectivity index (χ2n) is 7.29. The summed E-state index contributed by atoms with van der Waals surface area (Å²) in [7, 11) is 0. The second-order valence-corrected chi connectivity index (χ2v) is 7.29. The highest BCUT2D eigenvalue weighted by Crippen LogP contribution is 2.20. The lowest BCUT2D eigenvalue weighted by Gasteiger charge is -2.20. The zero-order valence-corrected chi connectivity index (χ0v) is 16.8. The smallest absolute Gasteiger partial charge is 0.266 e. The van der Waals surface area contributed by atoms with Crippen LogP contribution in [0.3, 0.4) is 0 Å². The zero-order chi connectivity index (χ0) is 19.4. The van der Waals surface area contributed by atoms with Crippen LogP contribution in [-0.2, 0) is 0 Å². The Kier molecular flexibility index (Phi) is 6.07. The van der Waals surface area contributed by atoms with E-state index in [0.29, 0.717) is 5.39 Å². The average Bonchev–Trinajstić information content (AvgIpc) is 2.68. The van der Waals surface area contributed by atoms with Crippen LogP contribution >= 0.6 is 0 Å². The Morgan fingerprint density at radius 1 is 1.07 bits per heavy atom. The molecular formula is C23H30N3O+. The topological polar surface area (TPSA) is 51.5 Å². The predicted octanol–water partition coefficient (Wildman–Crippen LogP) is 3.82. The van der Waals surface area contributed by atoms with Crippen LogP contribution in [0.1, 0.15) is 56.1 Å². The van der Waals surface area contributed by atoms with Gasteiger partial charge < -0.3 is 5.32 Å². The predicted molar refractivity (Wildman–Crippen MR) is 112 cm³/mol. The molecule has 27 heavy (non-hydrogen) atoms. The third kappa shape index (κ3) is 3.96. The van der Waals surface area contributed by atoms with Gasteiger partial charge in [-0.3, -0.25) is 9.36 Å². The number of aromatic nitrogens is 2. The fraction of sp³-hybridized carbons (Fsp3) is 0.391. The first-order valence-corrected chi connectivity index (χ1v) is 9.99. The Morgan fingerprint density at radius 3 is 2.56 bits per heavy atom. The van der Waals surface area contributed by atoms with E-state index in [9.17, 15) is 4.79 Å². The van der Waals surface area contributed by atoms with Crippen LogP contribution in [0.5, 0.6) is 0 Å². The quantitative estimate of drug-likeness (QED) is 0.648. The molecular weight excluding hydrogens is 334 g/mol. The molecule has 0 aliphatic carbocycles. The maximum atomic E-state index is 13.4. The molecule has 3 aromatic rings. The largest absolute Gasteiger partial charge is 0.338 e. The van der Waals surface area contributed by atoms with E-state index in [0.717, 1.165) is 36.4 Å². The summed E-state index contributed by atoms with van der Waals surface area (Å²) < 4.78 is 1.82. The molecule has 0 saturated carbocycles. The number of fused-ring (bicyclic) bond motifs is 1. The maximum Gasteiger partial charge on any atom is 0.266 e. The van der Waals surface area contributed by atoms with Crippen LogP contribution in [0, 0.1) is 13.8 Å². The van der Waals surface area contributed by atoms with Gasteiger partial charge in [0.15, 0.2) is 5.82 Å². The minimum absolute atomic E-state index is 0.0150. The molecule has 2 aromatic carbocycles. The van der Waals surface area contributed by atoms with Crippen molar-refractivity contribution in [3.8, 4) is 5.69 Å². The van der Waals surface area contributed by atoms with Crippen LogP contribution < -0.4 is 10.9 Å². The van der Waals surface area contributed by atoms with Crippen molar-refractivity contribution in [1.29, 1.82) is 0 Å². The summed E-state index contributed by atoms with van der Waals surface area (Å²) in [5.74, 6) is 0.848. The van der Waals surface area contributed by atoms with Crippen molar-refractivity contribution < 1.29 is 5.32 Å². The lowest BCUT2D eigenvalue weighted by atomic mass is 10.1. The maximum absolute atomic E-state index is 13.4. The third-order valence-corrected chi connectivity index (χ3v) is 5.33. The van der Waals surface area contributed by atoms with Gasteiger partial charge in [0.2, 0.25) is 0 Å². The van der Waals surface area contributed by atoms with Gasteiger partial charge in [-0.25, -0.2) is 4.98 Å². The molecule has 0 aliphatic rings. The van der Waals surface area contributed by atoms with E-state index < -0.39 is 0 Å². The molecule has 0 spiro atoms. The Balaban J connectivity index is 2.23. The summed E-state index contributed by atoms with van der Waals surface area (Å²) in [6.45, 7) is 9.59. The van der Waals surface area contributed by atoms with Crippen molar-refractivity contribution in [3.63, 3.8) is 0 Å². The van der Waals surface area contributed by atoms with Gasteiger partial charge in [0.25, 0.3) is 5.56 Å². The van der Waals surface area contributed by atoms with E-state index in [1.165, 1.54) is 17.5 Å². The molecule has 4 nitrogen and oxygen atoms in total. The second kappa shape index (κ2) is 8.49. The number of aryl methyl sites for hydroxylation is 2. The summed E-state index contributed by atoms with van der Waals surface area (Å²) in [6, 6.07) is 14.0. The van der Waals surface area contributed by atoms with E-state index in [1.54, 1.807) is 0 Å². The van der Waals surface area contributed by atoms with Crippen molar-refractivity contribution in [2.45, 2.75) is 53.0 Å². The van der Waals surface area contributed by atoms with Gasteiger partial charge in [-0.2, -0.15) is 0 Å². The molecule has 0 saturated heterocycles. The Morgan fingerprint density at radius 2 is 1.85 bits per heavy atom. The van der Waals surface area contributed by atoms with Gasteiger partial charge in [-0.15, -0.1) is 0 Å². The van der Waals surface area contributed by atoms with Crippen LogP contribution in [0.2, 0.25) is 0 Å². The van der Waals surface area contributed by atoms with Gasteiger partial charge >= 0.3 is 0 Å². The number of hydrogen-bond donors (Lipinski definition) is 1. The molecule has 3 rings (SSSR count). The fourth-order valence-electron chi connectivity index (χ4n) is 3.49. The Labute approximate surface area is 161 Å². The SMILES string of the molecule is CCCC[NH2+][C@H](CC)c1nc2ccccc2c(=O)n1-c1ccc(C)c(C)c1. The van der Waals surface area contributed by atoms with Gasteiger partial charge in [0.1, 0.15) is 6.04 Å². The lowest BCUT2D eigenvalue weighted by molar-refractivity contribution is -0.697. The molecule has 1 atom stereocenters. The van der Waals surface area contributed by atoms with Crippen molar-refractivity contribution in [3.05, 3.63) is 69.8 Å². The number of benzene rings is 2. The highest BCUT2D eigenvalue weighted by atomic mass is 16.1. The van der Waals surface area contributed by atoms with E-state index in [1.807, 2.05) is 34.9 Å². The molecule has 142 valence electrons. The number of nitrogens with zero attached hydrogens (tertiary/aromatic N) is 2. The van der Waals surface area contributed by atoms with Crippen LogP contribution in [-0.4, -0.2) is 16.1 Å². The van der Waals surface area contributed by atoms with E-state index in [4.69, 9.17) is 4.98 Å². The van der Waals surface area contributed by atoms with Crippen molar-refractivity contribution in [2.24, 2.45) is 0 Å². The Bertz CT molecular complexity index is 991. The van der Waals surface area contributed by atoms with E-state index in [-0.39, 0.29) is 11.6 Å². The van der Waals surface area contributed by atoms with Crippen molar-refractivity contribution in [2.75, 3.05) is 6.54 Å². The van der Waals surface area contributed by atoms with Gasteiger partial charge in [-0.1, -0.05) is 38.5 Å². The monoisotopic (exact) mass is 364 g/mol. The molecule has 0 fully saturated rings. The number of rotatable bonds is 7. The molecule has 0 amide bonds. The minimum atomic E-state index is 0.0150. The number of unbranched alkanes of at least 4 members (excludes halogenated alkanes) is 1. The molecule has 1 heterocycles. The lowest BCUT2D eigenvalue weighted by Crippen LogP contribution is -2.85. The highest BCUT2D eigenvalue weighted by Gasteiger charge is 2.22. The minimum Gasteiger partial charge on any atom is -0.338 e. The average molecular weight is 365 g/mol. The van der Waals surface area contributed by atoms with Gasteiger partial charge in [0.05, 0.1) is 23.1 Å². The summed E-state index contributed by atoms with van der Waals surface area (Å²) in [6.07, 6.45) is 3.26. The van der Waals surface area contributed by atoms with Crippen LogP contribution in [0.25, 0.3) is 16.6 Å². The third-order valence-electron chi connectivity index (χ3n) is 5.33. The fourth-order valence-corrected chi connectivity index (χ4v) is 3.49. The number of quaternary nitrogens is 1. The molecule has 2 N–H and O–H groups in total. The normalized spacial score (nSPS) is 12.4. The summed E-state index contributed by atoms with van der Waals surface area (Å²) >= 11 is 0. The van der Waals surface area contributed by atoms with E-state index >= 15 is 0 Å². The van der Waals surface area contributed by atoms with Crippen molar-refractivity contribution >= 4 is 10.9 Å². The zero-order valence-electron chi connectivity index (χ0n) is 16.8. The molecule has 4 heteroatoms. The van der Waals surface area contributed by atoms with Crippen LogP contribution in [0.15, 0.2) is 47.3 Å². The summed E-state index contributed by atoms with van der Waals surface area (Å²) in [5, 5.41) is 3.00. The molecule has 0 bridgehead atoms. The molecule has 0 radical (unpaired) electrons. The Hall–Kier alpha value is -2.46. The van der Waals surface area contributed by atoms with Gasteiger partial charge in [-0.05, 0) is 55.7 Å². The molecule has 1 aromatic heterocycles. The standard InChI is InChI=1S/C23H29N3O/c1-5-7-14-24-20(6-2)22-25-21-11-9-8-10-19(21)23(27)26(22)18-13-12-16(3)17(4)15-18/h8-13,15,20,24H,5-7,14H2,1-4H3/p+1/t20-/m1/s1. The summed E-state index contributed by atoms with van der Waals surface area (Å²) in [4.78, 5) is 18.4. The number of nitrogens with two attached hydrogens (primary N) is 1. The number of para-hydroxylation sites is 1. The van der Waals surface area contributed by atoms with Crippen molar-refractivity contribution in [1.82, 2.24) is 9.55 Å².